The summed E-state index contributed by atoms with van der Waals surface area (Å²) in [6, 6.07) is 20.0. The molecule has 11 nitrogen and oxygen atoms in total. The van der Waals surface area contributed by atoms with Crippen LogP contribution in [0.15, 0.2) is 84.5 Å². The first-order chi connectivity index (χ1) is 28.9. The first-order valence-corrected chi connectivity index (χ1v) is 21.2. The zero-order valence-corrected chi connectivity index (χ0v) is 35.0. The van der Waals surface area contributed by atoms with Gasteiger partial charge in [0, 0.05) is 78.1 Å². The average Bonchev–Trinajstić information content (AvgIpc) is 3.97. The lowest BCUT2D eigenvalue weighted by molar-refractivity contribution is -0.145. The molecule has 7 aromatic rings. The molecule has 1 aliphatic heterocycles. The van der Waals surface area contributed by atoms with E-state index in [-0.39, 0.29) is 24.6 Å². The van der Waals surface area contributed by atoms with Crippen LogP contribution in [0.5, 0.6) is 17.4 Å². The molecule has 0 spiro atoms. The summed E-state index contributed by atoms with van der Waals surface area (Å²) < 4.78 is 65.2. The molecule has 1 aliphatic rings. The van der Waals surface area contributed by atoms with Crippen LogP contribution in [0.25, 0.3) is 42.6 Å². The van der Waals surface area contributed by atoms with Crippen molar-refractivity contribution in [3.05, 3.63) is 106 Å². The molecule has 17 heteroatoms. The number of alkyl halides is 3. The molecule has 5 heterocycles. The monoisotopic (exact) mass is 876 g/mol. The van der Waals surface area contributed by atoms with Gasteiger partial charge in [0.1, 0.15) is 31.3 Å². The highest BCUT2D eigenvalue weighted by Crippen LogP contribution is 2.48. The molecular formula is C43H40ClF3N6O5S2. The SMILES string of the molecule is Cc1c(-c2c(-c3csc4ccccc34)ncc3snc(OC(Cc4ccccc4OCc4ccnn4CC(F)(F)F)C(=O)O)c23)ccc(OCCN2CCN(C)CC2)c1Cl. The van der Waals surface area contributed by atoms with Gasteiger partial charge < -0.3 is 24.2 Å². The van der Waals surface area contributed by atoms with Crippen molar-refractivity contribution in [2.75, 3.05) is 46.4 Å². The highest BCUT2D eigenvalue weighted by Gasteiger charge is 2.31. The lowest BCUT2D eigenvalue weighted by Crippen LogP contribution is -2.45. The number of aromatic nitrogens is 4. The molecule has 0 aliphatic carbocycles. The maximum absolute atomic E-state index is 13.1. The molecule has 4 aromatic heterocycles. The van der Waals surface area contributed by atoms with Crippen molar-refractivity contribution in [3.8, 4) is 39.8 Å². The lowest BCUT2D eigenvalue weighted by Gasteiger charge is -2.32. The number of hydrogen-bond acceptors (Lipinski definition) is 11. The van der Waals surface area contributed by atoms with Crippen LogP contribution in [-0.2, 0) is 24.4 Å². The van der Waals surface area contributed by atoms with Crippen LogP contribution in [0.4, 0.5) is 13.2 Å². The summed E-state index contributed by atoms with van der Waals surface area (Å²) in [5.41, 5.74) is 4.43. The van der Waals surface area contributed by atoms with Crippen molar-refractivity contribution >= 4 is 60.6 Å². The molecule has 312 valence electrons. The van der Waals surface area contributed by atoms with E-state index < -0.39 is 24.8 Å². The third-order valence-corrected chi connectivity index (χ3v) is 12.7. The molecule has 1 fully saturated rings. The van der Waals surface area contributed by atoms with Gasteiger partial charge in [-0.05, 0) is 66.5 Å². The molecule has 0 bridgehead atoms. The summed E-state index contributed by atoms with van der Waals surface area (Å²) >= 11 is 9.84. The van der Waals surface area contributed by atoms with Gasteiger partial charge in [0.25, 0.3) is 0 Å². The molecule has 8 rings (SSSR count). The second-order valence-electron chi connectivity index (χ2n) is 14.5. The lowest BCUT2D eigenvalue weighted by atomic mass is 9.93. The van der Waals surface area contributed by atoms with Gasteiger partial charge >= 0.3 is 12.1 Å². The summed E-state index contributed by atoms with van der Waals surface area (Å²) in [5.74, 6) is -0.279. The highest BCUT2D eigenvalue weighted by atomic mass is 35.5. The van der Waals surface area contributed by atoms with E-state index in [0.29, 0.717) is 50.0 Å². The fourth-order valence-electron chi connectivity index (χ4n) is 7.29. The third kappa shape index (κ3) is 9.07. The van der Waals surface area contributed by atoms with E-state index in [1.165, 1.54) is 12.3 Å². The van der Waals surface area contributed by atoms with Gasteiger partial charge in [-0.15, -0.1) is 11.3 Å². The number of likely N-dealkylation sites (N-methyl/N-ethyl adjacent to an activating group) is 1. The minimum absolute atomic E-state index is 0.109. The smallest absolute Gasteiger partial charge is 0.408 e. The van der Waals surface area contributed by atoms with Crippen LogP contribution >= 0.6 is 34.5 Å². The van der Waals surface area contributed by atoms with Crippen molar-refractivity contribution in [2.24, 2.45) is 0 Å². The predicted octanol–water partition coefficient (Wildman–Crippen LogP) is 9.24. The van der Waals surface area contributed by atoms with Crippen molar-refractivity contribution in [1.82, 2.24) is 28.9 Å². The van der Waals surface area contributed by atoms with Gasteiger partial charge in [-0.3, -0.25) is 14.6 Å². The number of nitrogens with zero attached hydrogens (tertiary/aromatic N) is 6. The molecule has 1 saturated heterocycles. The zero-order valence-electron chi connectivity index (χ0n) is 32.6. The van der Waals surface area contributed by atoms with Gasteiger partial charge in [-0.1, -0.05) is 54.1 Å². The molecule has 0 saturated carbocycles. The van der Waals surface area contributed by atoms with Crippen LogP contribution in [0, 0.1) is 6.92 Å². The van der Waals surface area contributed by atoms with Gasteiger partial charge in [0.2, 0.25) is 12.0 Å². The number of carboxylic acids is 1. The third-order valence-electron chi connectivity index (χ3n) is 10.5. The number of piperazine rings is 1. The number of thiophene rings is 1. The number of carbonyl (C=O) groups is 1. The number of carboxylic acid groups (broad SMARTS) is 1. The van der Waals surface area contributed by atoms with Gasteiger partial charge in [-0.25, -0.2) is 4.79 Å². The van der Waals surface area contributed by atoms with Crippen LogP contribution in [-0.4, -0.2) is 98.7 Å². The van der Waals surface area contributed by atoms with E-state index in [4.69, 9.17) is 30.8 Å². The van der Waals surface area contributed by atoms with Crippen molar-refractivity contribution in [1.29, 1.82) is 0 Å². The second kappa shape index (κ2) is 17.8. The maximum Gasteiger partial charge on any atom is 0.408 e. The number of fused-ring (bicyclic) bond motifs is 2. The predicted molar refractivity (Wildman–Crippen MR) is 228 cm³/mol. The van der Waals surface area contributed by atoms with Gasteiger partial charge in [-0.2, -0.15) is 22.6 Å². The van der Waals surface area contributed by atoms with Crippen LogP contribution < -0.4 is 14.2 Å². The fourth-order valence-corrected chi connectivity index (χ4v) is 9.15. The Morgan fingerprint density at radius 1 is 0.967 bits per heavy atom. The Bertz CT molecular complexity index is 2640. The van der Waals surface area contributed by atoms with Crippen molar-refractivity contribution in [2.45, 2.75) is 38.8 Å². The Kier molecular flexibility index (Phi) is 12.3. The number of halogens is 4. The summed E-state index contributed by atoms with van der Waals surface area (Å²) in [5, 5.41) is 18.4. The number of para-hydroxylation sites is 1. The average molecular weight is 877 g/mol. The van der Waals surface area contributed by atoms with Crippen LogP contribution in [0.3, 0.4) is 0 Å². The van der Waals surface area contributed by atoms with E-state index >= 15 is 0 Å². The summed E-state index contributed by atoms with van der Waals surface area (Å²) in [7, 11) is 2.12. The molecule has 0 radical (unpaired) electrons. The highest BCUT2D eigenvalue weighted by molar-refractivity contribution is 7.17. The first-order valence-electron chi connectivity index (χ1n) is 19.2. The maximum atomic E-state index is 13.1. The molecule has 3 aromatic carbocycles. The number of pyridine rings is 1. The molecule has 60 heavy (non-hydrogen) atoms. The molecule has 0 amide bonds. The minimum atomic E-state index is -4.47. The summed E-state index contributed by atoms with van der Waals surface area (Å²) in [4.78, 5) is 22.6. The van der Waals surface area contributed by atoms with E-state index in [0.717, 1.165) is 75.7 Å². The van der Waals surface area contributed by atoms with E-state index in [1.807, 2.05) is 37.3 Å². The zero-order chi connectivity index (χ0) is 42.0. The Balaban J connectivity index is 1.13. The molecule has 1 atom stereocenters. The normalized spacial score (nSPS) is 14.5. The summed E-state index contributed by atoms with van der Waals surface area (Å²) in [6.45, 7) is 5.67. The minimum Gasteiger partial charge on any atom is -0.491 e. The first kappa shape index (κ1) is 41.5. The van der Waals surface area contributed by atoms with Crippen LogP contribution in [0.2, 0.25) is 5.02 Å². The van der Waals surface area contributed by atoms with Gasteiger partial charge in [0.15, 0.2) is 0 Å². The molecular weight excluding hydrogens is 837 g/mol. The number of ether oxygens (including phenoxy) is 3. The van der Waals surface area contributed by atoms with E-state index in [1.54, 1.807) is 41.8 Å². The Labute approximate surface area is 356 Å². The van der Waals surface area contributed by atoms with Crippen LogP contribution in [0.1, 0.15) is 16.8 Å². The number of rotatable bonds is 15. The second-order valence-corrected chi connectivity index (χ2v) is 16.6. The standard InChI is InChI=1S/C43H40ClF3N6O5S2/c1-26-29(11-12-33(39(26)44)56-20-19-52-17-15-51(2)16-18-52)37-38-36(22-48-40(37)31-24-59-35-10-6-4-8-30(31)35)60-50-41(38)58-34(42(54)55)21-27-7-3-5-9-32(27)57-23-28-13-14-49-53(28)25-43(45,46)47/h3-14,22,24,34H,15-21,23,25H2,1-2H3,(H,54,55). The fraction of sp³-hybridized carbons (Fsp3) is 0.302. The molecule has 1 unspecified atom stereocenters. The van der Waals surface area contributed by atoms with Crippen molar-refractivity contribution in [3.63, 3.8) is 0 Å². The number of hydrogen-bond donors (Lipinski definition) is 1. The number of benzene rings is 3. The molecule has 1 N–H and O–H groups in total. The topological polar surface area (TPSA) is 115 Å². The Hall–Kier alpha value is -5.26. The van der Waals surface area contributed by atoms with E-state index in [9.17, 15) is 23.1 Å². The summed E-state index contributed by atoms with van der Waals surface area (Å²) in [6.07, 6.45) is -3.04. The Morgan fingerprint density at radius 3 is 2.55 bits per heavy atom. The van der Waals surface area contributed by atoms with Gasteiger partial charge in [0.05, 0.1) is 26.5 Å². The quantitative estimate of drug-likeness (QED) is 0.107. The number of aliphatic carboxylic acids is 1. The van der Waals surface area contributed by atoms with E-state index in [2.05, 4.69) is 37.8 Å². The largest absolute Gasteiger partial charge is 0.491 e. The Morgan fingerprint density at radius 2 is 1.75 bits per heavy atom. The van der Waals surface area contributed by atoms with Crippen molar-refractivity contribution < 1.29 is 37.3 Å².